The minimum absolute atomic E-state index is 0.0293. The van der Waals surface area contributed by atoms with Crippen LogP contribution in [-0.2, 0) is 14.6 Å². The lowest BCUT2D eigenvalue weighted by molar-refractivity contribution is -0.384. The van der Waals surface area contributed by atoms with Gasteiger partial charge in [0.1, 0.15) is 5.69 Å². The third kappa shape index (κ3) is 4.23. The Kier molecular flexibility index (Phi) is 5.74. The van der Waals surface area contributed by atoms with Gasteiger partial charge in [-0.15, -0.1) is 0 Å². The van der Waals surface area contributed by atoms with E-state index in [0.29, 0.717) is 25.2 Å². The van der Waals surface area contributed by atoms with Crippen LogP contribution in [0.3, 0.4) is 0 Å². The predicted molar refractivity (Wildman–Crippen MR) is 85.3 cm³/mol. The van der Waals surface area contributed by atoms with E-state index in [1.54, 1.807) is 4.90 Å². The van der Waals surface area contributed by atoms with Gasteiger partial charge in [0.25, 0.3) is 15.5 Å². The van der Waals surface area contributed by atoms with Gasteiger partial charge in [0.05, 0.1) is 9.82 Å². The van der Waals surface area contributed by atoms with E-state index in [2.05, 4.69) is 5.32 Å². The van der Waals surface area contributed by atoms with Crippen molar-refractivity contribution >= 4 is 27.1 Å². The molecule has 12 heteroatoms. The van der Waals surface area contributed by atoms with Gasteiger partial charge in [-0.3, -0.25) is 14.9 Å². The van der Waals surface area contributed by atoms with Crippen molar-refractivity contribution in [3.63, 3.8) is 0 Å². The fourth-order valence-electron chi connectivity index (χ4n) is 2.54. The highest BCUT2D eigenvalue weighted by Crippen LogP contribution is 2.34. The maximum absolute atomic E-state index is 12.6. The summed E-state index contributed by atoms with van der Waals surface area (Å²) in [6.45, 7) is 1.34. The normalized spacial score (nSPS) is 15.1. The third-order valence-corrected chi connectivity index (χ3v) is 5.38. The van der Waals surface area contributed by atoms with E-state index >= 15 is 0 Å². The lowest BCUT2D eigenvalue weighted by Crippen LogP contribution is -2.29. The number of carbonyl (C=O) groups is 1. The number of nitrogens with one attached hydrogen (secondary N) is 1. The fraction of sp³-hybridized carbons (Fsp3) is 0.500. The quantitative estimate of drug-likeness (QED) is 0.585. The molecule has 1 N–H and O–H groups in total. The Morgan fingerprint density at radius 1 is 1.27 bits per heavy atom. The zero-order chi connectivity index (χ0) is 19.5. The third-order valence-electron chi connectivity index (χ3n) is 3.89. The SMILES string of the molecule is O=C(CCNc1ccc(S(=O)(=O)C(F)(F)F)cc1[N+](=O)[O-])N1CCCC1. The number of nitrogens with zero attached hydrogens (tertiary/aromatic N) is 2. The molecule has 0 bridgehead atoms. The molecule has 0 radical (unpaired) electrons. The molecule has 1 fully saturated rings. The number of hydrogen-bond acceptors (Lipinski definition) is 6. The number of nitro benzene ring substituents is 1. The van der Waals surface area contributed by atoms with E-state index in [-0.39, 0.29) is 24.6 Å². The molecular weight excluding hydrogens is 379 g/mol. The molecule has 1 saturated heterocycles. The molecule has 0 atom stereocenters. The summed E-state index contributed by atoms with van der Waals surface area (Å²) in [5.74, 6) is -0.131. The molecular formula is C14H16F3N3O5S. The second-order valence-electron chi connectivity index (χ2n) is 5.65. The minimum Gasteiger partial charge on any atom is -0.379 e. The summed E-state index contributed by atoms with van der Waals surface area (Å²) in [5.41, 5.74) is -6.54. The van der Waals surface area contributed by atoms with Crippen LogP contribution in [0.5, 0.6) is 0 Å². The molecule has 1 amide bonds. The first-order valence-corrected chi connectivity index (χ1v) is 9.14. The Balaban J connectivity index is 2.14. The van der Waals surface area contributed by atoms with Crippen molar-refractivity contribution in [2.24, 2.45) is 0 Å². The van der Waals surface area contributed by atoms with Crippen molar-refractivity contribution in [2.45, 2.75) is 29.7 Å². The standard InChI is InChI=1S/C14H16F3N3O5S/c15-14(16,17)26(24,25)10-3-4-11(12(9-10)20(22)23)18-6-5-13(21)19-7-1-2-8-19/h3-4,9,18H,1-2,5-8H2. The predicted octanol–water partition coefficient (Wildman–Crippen LogP) is 2.31. The summed E-state index contributed by atoms with van der Waals surface area (Å²) in [4.78, 5) is 22.4. The van der Waals surface area contributed by atoms with E-state index in [1.807, 2.05) is 0 Å². The van der Waals surface area contributed by atoms with E-state index in [9.17, 15) is 36.5 Å². The van der Waals surface area contributed by atoms with E-state index < -0.39 is 30.9 Å². The molecule has 26 heavy (non-hydrogen) atoms. The minimum atomic E-state index is -5.69. The molecule has 0 saturated carbocycles. The maximum Gasteiger partial charge on any atom is 0.501 e. The first-order valence-electron chi connectivity index (χ1n) is 7.65. The van der Waals surface area contributed by atoms with E-state index in [0.717, 1.165) is 18.9 Å². The summed E-state index contributed by atoms with van der Waals surface area (Å²) < 4.78 is 60.5. The first kappa shape index (κ1) is 19.9. The average molecular weight is 395 g/mol. The maximum atomic E-state index is 12.6. The van der Waals surface area contributed by atoms with Gasteiger partial charge in [0.2, 0.25) is 5.91 Å². The Hall–Kier alpha value is -2.37. The lowest BCUT2D eigenvalue weighted by atomic mass is 10.2. The van der Waals surface area contributed by atoms with Crippen LogP contribution in [0.2, 0.25) is 0 Å². The number of nitro groups is 1. The largest absolute Gasteiger partial charge is 0.501 e. The van der Waals surface area contributed by atoms with Crippen molar-refractivity contribution in [1.29, 1.82) is 0 Å². The highest BCUT2D eigenvalue weighted by Gasteiger charge is 2.47. The fourth-order valence-corrected chi connectivity index (χ4v) is 3.32. The van der Waals surface area contributed by atoms with Crippen LogP contribution < -0.4 is 5.32 Å². The van der Waals surface area contributed by atoms with Gasteiger partial charge in [-0.1, -0.05) is 0 Å². The highest BCUT2D eigenvalue weighted by molar-refractivity contribution is 7.92. The highest BCUT2D eigenvalue weighted by atomic mass is 32.2. The second-order valence-corrected chi connectivity index (χ2v) is 7.59. The number of hydrogen-bond donors (Lipinski definition) is 1. The first-order chi connectivity index (χ1) is 12.0. The van der Waals surface area contributed by atoms with Gasteiger partial charge < -0.3 is 10.2 Å². The van der Waals surface area contributed by atoms with Crippen molar-refractivity contribution in [3.8, 4) is 0 Å². The molecule has 2 rings (SSSR count). The van der Waals surface area contributed by atoms with Gasteiger partial charge in [0.15, 0.2) is 0 Å². The summed E-state index contributed by atoms with van der Waals surface area (Å²) in [5, 5.41) is 13.7. The number of rotatable bonds is 6. The monoisotopic (exact) mass is 395 g/mol. The van der Waals surface area contributed by atoms with Crippen LogP contribution in [0, 0.1) is 10.1 Å². The number of alkyl halides is 3. The molecule has 1 aliphatic rings. The molecule has 144 valence electrons. The van der Waals surface area contributed by atoms with Crippen LogP contribution in [-0.4, -0.2) is 49.3 Å². The molecule has 1 aromatic carbocycles. The summed E-state index contributed by atoms with van der Waals surface area (Å²) in [7, 11) is -5.69. The molecule has 0 aliphatic carbocycles. The molecule has 1 heterocycles. The zero-order valence-corrected chi connectivity index (χ0v) is 14.3. The Morgan fingerprint density at radius 2 is 1.88 bits per heavy atom. The average Bonchev–Trinajstić information content (AvgIpc) is 3.08. The number of sulfone groups is 1. The van der Waals surface area contributed by atoms with E-state index in [1.165, 1.54) is 0 Å². The Morgan fingerprint density at radius 3 is 2.42 bits per heavy atom. The summed E-state index contributed by atoms with van der Waals surface area (Å²) >= 11 is 0. The Bertz CT molecular complexity index is 805. The molecule has 8 nitrogen and oxygen atoms in total. The number of anilines is 1. The smallest absolute Gasteiger partial charge is 0.379 e. The van der Waals surface area contributed by atoms with Crippen molar-refractivity contribution in [2.75, 3.05) is 25.0 Å². The molecule has 1 aliphatic heterocycles. The van der Waals surface area contributed by atoms with Gasteiger partial charge in [-0.05, 0) is 25.0 Å². The van der Waals surface area contributed by atoms with Crippen LogP contribution >= 0.6 is 0 Å². The summed E-state index contributed by atoms with van der Waals surface area (Å²) in [6, 6.07) is 1.88. The molecule has 1 aromatic rings. The van der Waals surface area contributed by atoms with Crippen molar-refractivity contribution in [1.82, 2.24) is 4.90 Å². The number of likely N-dealkylation sites (tertiary alicyclic amines) is 1. The lowest BCUT2D eigenvalue weighted by Gasteiger charge is -2.15. The van der Waals surface area contributed by atoms with Gasteiger partial charge in [-0.2, -0.15) is 13.2 Å². The van der Waals surface area contributed by atoms with Gasteiger partial charge in [0, 0.05) is 32.1 Å². The van der Waals surface area contributed by atoms with Crippen LogP contribution in [0.25, 0.3) is 0 Å². The van der Waals surface area contributed by atoms with Crippen molar-refractivity contribution < 1.29 is 31.3 Å². The summed E-state index contributed by atoms with van der Waals surface area (Å²) in [6.07, 6.45) is 1.89. The number of halogens is 3. The number of benzene rings is 1. The Labute approximate surface area is 147 Å². The molecule has 0 unspecified atom stereocenters. The second kappa shape index (κ2) is 7.48. The number of carbonyl (C=O) groups excluding carboxylic acids is 1. The van der Waals surface area contributed by atoms with Gasteiger partial charge >= 0.3 is 5.51 Å². The van der Waals surface area contributed by atoms with Crippen LogP contribution in [0.1, 0.15) is 19.3 Å². The molecule has 0 spiro atoms. The van der Waals surface area contributed by atoms with Crippen LogP contribution in [0.4, 0.5) is 24.5 Å². The zero-order valence-electron chi connectivity index (χ0n) is 13.5. The molecule has 0 aromatic heterocycles. The van der Waals surface area contributed by atoms with Crippen LogP contribution in [0.15, 0.2) is 23.1 Å². The van der Waals surface area contributed by atoms with Gasteiger partial charge in [-0.25, -0.2) is 8.42 Å². The van der Waals surface area contributed by atoms with Crippen molar-refractivity contribution in [3.05, 3.63) is 28.3 Å². The topological polar surface area (TPSA) is 110 Å². The number of amides is 1. The van der Waals surface area contributed by atoms with E-state index in [4.69, 9.17) is 0 Å².